The molecular formula is C9H13NOS. The standard InChI is InChI=1S/C9H13NOS/c1-3-5-8-7-10-12(11)9(8)6-4-2/h3-6,10H,7H2,1-2H3/b5-3-,6-4-. The summed E-state index contributed by atoms with van der Waals surface area (Å²) in [4.78, 5) is 0.899. The van der Waals surface area contributed by atoms with Crippen molar-refractivity contribution in [2.75, 3.05) is 6.54 Å². The Morgan fingerprint density at radius 1 is 1.33 bits per heavy atom. The third-order valence-electron chi connectivity index (χ3n) is 1.60. The van der Waals surface area contributed by atoms with E-state index >= 15 is 0 Å². The molecular weight excluding hydrogens is 170 g/mol. The Morgan fingerprint density at radius 2 is 2.00 bits per heavy atom. The molecule has 1 aliphatic rings. The molecule has 1 atom stereocenters. The first-order valence-electron chi connectivity index (χ1n) is 3.93. The lowest BCUT2D eigenvalue weighted by atomic mass is 10.2. The quantitative estimate of drug-likeness (QED) is 0.693. The van der Waals surface area contributed by atoms with E-state index in [-0.39, 0.29) is 0 Å². The Balaban J connectivity index is 2.97. The number of nitrogens with one attached hydrogen (secondary N) is 1. The molecule has 1 rings (SSSR count). The first-order valence-corrected chi connectivity index (χ1v) is 5.08. The number of hydrogen-bond acceptors (Lipinski definition) is 1. The Morgan fingerprint density at radius 3 is 2.58 bits per heavy atom. The minimum atomic E-state index is -1.00. The first kappa shape index (κ1) is 9.42. The number of allylic oxidation sites excluding steroid dienone is 3. The Kier molecular flexibility index (Phi) is 3.44. The fourth-order valence-electron chi connectivity index (χ4n) is 1.09. The lowest BCUT2D eigenvalue weighted by molar-refractivity contribution is 0.683. The SMILES string of the molecule is C/C=C\C1=C(/C=C\C)S(=O)NC1. The average molecular weight is 183 g/mol. The molecule has 0 aromatic heterocycles. The van der Waals surface area contributed by atoms with Crippen LogP contribution >= 0.6 is 0 Å². The van der Waals surface area contributed by atoms with Crippen molar-refractivity contribution >= 4 is 11.0 Å². The zero-order valence-electron chi connectivity index (χ0n) is 7.33. The van der Waals surface area contributed by atoms with Crippen LogP contribution in [-0.2, 0) is 11.0 Å². The summed E-state index contributed by atoms with van der Waals surface area (Å²) >= 11 is 0. The predicted molar refractivity (Wildman–Crippen MR) is 52.8 cm³/mol. The van der Waals surface area contributed by atoms with E-state index in [9.17, 15) is 4.21 Å². The largest absolute Gasteiger partial charge is 0.237 e. The highest BCUT2D eigenvalue weighted by Gasteiger charge is 2.16. The van der Waals surface area contributed by atoms with Gasteiger partial charge in [-0.1, -0.05) is 18.2 Å². The van der Waals surface area contributed by atoms with E-state index in [1.54, 1.807) is 0 Å². The molecule has 66 valence electrons. The van der Waals surface area contributed by atoms with Crippen LogP contribution < -0.4 is 4.72 Å². The maximum atomic E-state index is 11.3. The van der Waals surface area contributed by atoms with Gasteiger partial charge in [0.05, 0.1) is 4.91 Å². The average Bonchev–Trinajstić information content (AvgIpc) is 2.37. The summed E-state index contributed by atoms with van der Waals surface area (Å²) in [5, 5.41) is 0. The van der Waals surface area contributed by atoms with Gasteiger partial charge in [-0.2, -0.15) is 0 Å². The fraction of sp³-hybridized carbons (Fsp3) is 0.333. The van der Waals surface area contributed by atoms with Crippen molar-refractivity contribution < 1.29 is 4.21 Å². The molecule has 0 aromatic carbocycles. The van der Waals surface area contributed by atoms with Gasteiger partial charge in [-0.05, 0) is 25.5 Å². The van der Waals surface area contributed by atoms with Crippen LogP contribution in [0.25, 0.3) is 0 Å². The van der Waals surface area contributed by atoms with Crippen LogP contribution in [0.4, 0.5) is 0 Å². The monoisotopic (exact) mass is 183 g/mol. The van der Waals surface area contributed by atoms with Gasteiger partial charge >= 0.3 is 0 Å². The molecule has 12 heavy (non-hydrogen) atoms. The molecule has 0 aromatic rings. The molecule has 0 aliphatic carbocycles. The molecule has 0 saturated carbocycles. The summed E-state index contributed by atoms with van der Waals surface area (Å²) in [5.41, 5.74) is 1.12. The van der Waals surface area contributed by atoms with Crippen LogP contribution in [0.2, 0.25) is 0 Å². The minimum Gasteiger partial charge on any atom is -0.237 e. The van der Waals surface area contributed by atoms with Crippen molar-refractivity contribution in [3.8, 4) is 0 Å². The second-order valence-electron chi connectivity index (χ2n) is 2.48. The van der Waals surface area contributed by atoms with E-state index in [1.165, 1.54) is 0 Å². The van der Waals surface area contributed by atoms with Gasteiger partial charge in [0, 0.05) is 6.54 Å². The minimum absolute atomic E-state index is 0.705. The molecule has 1 N–H and O–H groups in total. The van der Waals surface area contributed by atoms with Gasteiger partial charge in [-0.15, -0.1) is 0 Å². The molecule has 0 radical (unpaired) electrons. The first-order chi connectivity index (χ1) is 5.79. The van der Waals surface area contributed by atoms with Gasteiger partial charge in [0.2, 0.25) is 0 Å². The van der Waals surface area contributed by atoms with E-state index in [0.29, 0.717) is 6.54 Å². The maximum Gasteiger partial charge on any atom is 0.125 e. The highest BCUT2D eigenvalue weighted by Crippen LogP contribution is 2.16. The van der Waals surface area contributed by atoms with Crippen molar-refractivity contribution in [3.63, 3.8) is 0 Å². The third kappa shape index (κ3) is 1.93. The molecule has 1 unspecified atom stereocenters. The molecule has 1 heterocycles. The number of hydrogen-bond donors (Lipinski definition) is 1. The zero-order valence-corrected chi connectivity index (χ0v) is 8.15. The van der Waals surface area contributed by atoms with Crippen molar-refractivity contribution in [1.29, 1.82) is 0 Å². The summed E-state index contributed by atoms with van der Waals surface area (Å²) in [6.07, 6.45) is 7.76. The third-order valence-corrected chi connectivity index (χ3v) is 2.80. The van der Waals surface area contributed by atoms with Gasteiger partial charge < -0.3 is 0 Å². The lowest BCUT2D eigenvalue weighted by Crippen LogP contribution is -2.10. The predicted octanol–water partition coefficient (Wildman–Crippen LogP) is 1.66. The highest BCUT2D eigenvalue weighted by molar-refractivity contribution is 7.87. The summed E-state index contributed by atoms with van der Waals surface area (Å²) in [7, 11) is -1.00. The smallest absolute Gasteiger partial charge is 0.125 e. The molecule has 0 spiro atoms. The molecule has 0 saturated heterocycles. The fourth-order valence-corrected chi connectivity index (χ4v) is 2.17. The van der Waals surface area contributed by atoms with Crippen LogP contribution in [0.15, 0.2) is 34.8 Å². The lowest BCUT2D eigenvalue weighted by Gasteiger charge is -1.91. The van der Waals surface area contributed by atoms with E-state index in [2.05, 4.69) is 4.72 Å². The molecule has 0 fully saturated rings. The van der Waals surface area contributed by atoms with Crippen LogP contribution in [0.1, 0.15) is 13.8 Å². The van der Waals surface area contributed by atoms with Gasteiger partial charge in [0.1, 0.15) is 11.0 Å². The van der Waals surface area contributed by atoms with Crippen molar-refractivity contribution in [2.24, 2.45) is 0 Å². The van der Waals surface area contributed by atoms with Gasteiger partial charge in [-0.25, -0.2) is 8.93 Å². The van der Waals surface area contributed by atoms with Crippen LogP contribution in [0.3, 0.4) is 0 Å². The van der Waals surface area contributed by atoms with Crippen molar-refractivity contribution in [3.05, 3.63) is 34.8 Å². The van der Waals surface area contributed by atoms with Crippen LogP contribution in [-0.4, -0.2) is 10.8 Å². The second kappa shape index (κ2) is 4.38. The molecule has 2 nitrogen and oxygen atoms in total. The molecule has 3 heteroatoms. The number of rotatable bonds is 2. The van der Waals surface area contributed by atoms with E-state index < -0.39 is 11.0 Å². The van der Waals surface area contributed by atoms with Gasteiger partial charge in [0.15, 0.2) is 0 Å². The van der Waals surface area contributed by atoms with Gasteiger partial charge in [-0.3, -0.25) is 0 Å². The Bertz CT molecular complexity index is 276. The van der Waals surface area contributed by atoms with E-state index in [4.69, 9.17) is 0 Å². The summed E-state index contributed by atoms with van der Waals surface area (Å²) in [5.74, 6) is 0. The molecule has 0 bridgehead atoms. The summed E-state index contributed by atoms with van der Waals surface area (Å²) < 4.78 is 14.2. The topological polar surface area (TPSA) is 29.1 Å². The normalized spacial score (nSPS) is 25.0. The second-order valence-corrected chi connectivity index (χ2v) is 3.75. The summed E-state index contributed by atoms with van der Waals surface area (Å²) in [6, 6.07) is 0. The van der Waals surface area contributed by atoms with Gasteiger partial charge in [0.25, 0.3) is 0 Å². The highest BCUT2D eigenvalue weighted by atomic mass is 32.2. The van der Waals surface area contributed by atoms with E-state index in [0.717, 1.165) is 10.5 Å². The van der Waals surface area contributed by atoms with Crippen molar-refractivity contribution in [1.82, 2.24) is 4.72 Å². The molecule has 0 amide bonds. The van der Waals surface area contributed by atoms with E-state index in [1.807, 2.05) is 38.2 Å². The molecule has 1 aliphatic heterocycles. The zero-order chi connectivity index (χ0) is 8.97. The van der Waals surface area contributed by atoms with Crippen molar-refractivity contribution in [2.45, 2.75) is 13.8 Å². The maximum absolute atomic E-state index is 11.3. The Hall–Kier alpha value is -0.670. The Labute approximate surface area is 75.6 Å². The van der Waals surface area contributed by atoms with Crippen LogP contribution in [0, 0.1) is 0 Å². The van der Waals surface area contributed by atoms with Crippen LogP contribution in [0.5, 0.6) is 0 Å². The summed E-state index contributed by atoms with van der Waals surface area (Å²) in [6.45, 7) is 4.59.